The maximum Gasteiger partial charge on any atom is 0.338 e. The number of rotatable bonds is 5. The molecule has 0 aliphatic carbocycles. The van der Waals surface area contributed by atoms with Crippen LogP contribution in [0.3, 0.4) is 0 Å². The van der Waals surface area contributed by atoms with Crippen LogP contribution in [0.25, 0.3) is 0 Å². The Morgan fingerprint density at radius 2 is 1.56 bits per heavy atom. The summed E-state index contributed by atoms with van der Waals surface area (Å²) in [4.78, 5) is 46.2. The molecule has 3 aromatic rings. The summed E-state index contributed by atoms with van der Waals surface area (Å²) in [5.41, 5.74) is 2.27. The zero-order valence-corrected chi connectivity index (χ0v) is 19.0. The van der Waals surface area contributed by atoms with Crippen LogP contribution in [0.4, 0.5) is 11.4 Å². The average Bonchev–Trinajstić information content (AvgIpc) is 3.36. The third-order valence-electron chi connectivity index (χ3n) is 5.97. The number of halogens is 1. The van der Waals surface area contributed by atoms with Gasteiger partial charge < -0.3 is 4.74 Å². The van der Waals surface area contributed by atoms with E-state index in [9.17, 15) is 14.4 Å². The van der Waals surface area contributed by atoms with E-state index in [4.69, 9.17) is 21.2 Å². The van der Waals surface area contributed by atoms with Crippen LogP contribution in [-0.2, 0) is 19.2 Å². The molecule has 0 spiro atoms. The Bertz CT molecular complexity index is 1230. The summed E-state index contributed by atoms with van der Waals surface area (Å²) in [6.45, 7) is 1.98. The Balaban J connectivity index is 1.49. The van der Waals surface area contributed by atoms with Crippen LogP contribution in [0.5, 0.6) is 0 Å². The molecule has 0 saturated carbocycles. The van der Waals surface area contributed by atoms with Crippen LogP contribution in [0.2, 0.25) is 5.02 Å². The van der Waals surface area contributed by atoms with Gasteiger partial charge in [-0.05, 0) is 61.0 Å². The van der Waals surface area contributed by atoms with Crippen molar-refractivity contribution in [3.63, 3.8) is 0 Å². The van der Waals surface area contributed by atoms with Crippen LogP contribution < -0.4 is 9.96 Å². The molecule has 0 aromatic heterocycles. The fraction of sp³-hybridized carbons (Fsp3) is 0.192. The van der Waals surface area contributed by atoms with Crippen molar-refractivity contribution in [1.82, 2.24) is 0 Å². The van der Waals surface area contributed by atoms with E-state index in [0.717, 1.165) is 10.5 Å². The van der Waals surface area contributed by atoms with E-state index < -0.39 is 29.9 Å². The molecule has 3 unspecified atom stereocenters. The van der Waals surface area contributed by atoms with Crippen LogP contribution in [-0.4, -0.2) is 30.5 Å². The molecule has 5 rings (SSSR count). The number of carbonyl (C=O) groups is 3. The number of benzene rings is 3. The highest BCUT2D eigenvalue weighted by Gasteiger charge is 2.60. The summed E-state index contributed by atoms with van der Waals surface area (Å²) < 4.78 is 5.00. The number of fused-ring (bicyclic) bond motifs is 1. The van der Waals surface area contributed by atoms with Gasteiger partial charge in [0.2, 0.25) is 5.91 Å². The summed E-state index contributed by atoms with van der Waals surface area (Å²) in [7, 11) is 0. The van der Waals surface area contributed by atoms with Crippen molar-refractivity contribution in [3.8, 4) is 0 Å². The third kappa shape index (κ3) is 3.73. The van der Waals surface area contributed by atoms with Gasteiger partial charge in [-0.15, -0.1) is 0 Å². The third-order valence-corrected chi connectivity index (χ3v) is 6.23. The van der Waals surface area contributed by atoms with Gasteiger partial charge in [0.05, 0.1) is 29.6 Å². The number of esters is 1. The number of amides is 2. The minimum Gasteiger partial charge on any atom is -0.462 e. The maximum absolute atomic E-state index is 13.6. The molecule has 2 aliphatic heterocycles. The standard InChI is InChI=1S/C26H21ClN2O5/c1-2-33-26(32)17-8-12-19(13-9-17)28-24(30)21-22(16-6-4-3-5-7-16)29(34-23(21)25(28)31)20-14-10-18(27)11-15-20/h3-15,21-23H,2H2,1H3. The Hall–Kier alpha value is -3.68. The molecule has 3 aromatic carbocycles. The number of anilines is 2. The van der Waals surface area contributed by atoms with Gasteiger partial charge in [0.1, 0.15) is 5.92 Å². The lowest BCUT2D eigenvalue weighted by molar-refractivity contribution is -0.126. The first kappa shape index (κ1) is 22.1. The fourth-order valence-corrected chi connectivity index (χ4v) is 4.56. The first-order valence-corrected chi connectivity index (χ1v) is 11.3. The molecule has 2 heterocycles. The number of ether oxygens (including phenoxy) is 1. The number of hydroxylamine groups is 1. The Morgan fingerprint density at radius 1 is 0.912 bits per heavy atom. The fourth-order valence-electron chi connectivity index (χ4n) is 4.43. The second kappa shape index (κ2) is 8.93. The molecular formula is C26H21ClN2O5. The zero-order valence-electron chi connectivity index (χ0n) is 18.3. The molecule has 0 bridgehead atoms. The van der Waals surface area contributed by atoms with E-state index in [0.29, 0.717) is 22.0 Å². The van der Waals surface area contributed by atoms with Gasteiger partial charge in [0, 0.05) is 5.02 Å². The maximum atomic E-state index is 13.6. The number of imide groups is 1. The van der Waals surface area contributed by atoms with Gasteiger partial charge in [0.25, 0.3) is 5.91 Å². The highest BCUT2D eigenvalue weighted by molar-refractivity contribution is 6.30. The van der Waals surface area contributed by atoms with Crippen LogP contribution >= 0.6 is 11.6 Å². The first-order chi connectivity index (χ1) is 16.5. The second-order valence-electron chi connectivity index (χ2n) is 7.99. The summed E-state index contributed by atoms with van der Waals surface area (Å²) >= 11 is 6.05. The summed E-state index contributed by atoms with van der Waals surface area (Å²) in [5, 5.41) is 2.20. The number of hydrogen-bond acceptors (Lipinski definition) is 6. The highest BCUT2D eigenvalue weighted by atomic mass is 35.5. The second-order valence-corrected chi connectivity index (χ2v) is 8.43. The lowest BCUT2D eigenvalue weighted by atomic mass is 9.90. The molecular weight excluding hydrogens is 456 g/mol. The largest absolute Gasteiger partial charge is 0.462 e. The minimum atomic E-state index is -0.974. The first-order valence-electron chi connectivity index (χ1n) is 10.9. The van der Waals surface area contributed by atoms with Crippen LogP contribution in [0.15, 0.2) is 78.9 Å². The Morgan fingerprint density at radius 3 is 2.21 bits per heavy atom. The van der Waals surface area contributed by atoms with E-state index in [1.807, 2.05) is 30.3 Å². The van der Waals surface area contributed by atoms with Crippen molar-refractivity contribution in [1.29, 1.82) is 0 Å². The van der Waals surface area contributed by atoms with Gasteiger partial charge in [-0.3, -0.25) is 14.4 Å². The molecule has 3 atom stereocenters. The van der Waals surface area contributed by atoms with E-state index in [-0.39, 0.29) is 12.5 Å². The van der Waals surface area contributed by atoms with Crippen molar-refractivity contribution >= 4 is 40.8 Å². The van der Waals surface area contributed by atoms with Crippen LogP contribution in [0.1, 0.15) is 28.9 Å². The zero-order chi connectivity index (χ0) is 23.8. The predicted molar refractivity (Wildman–Crippen MR) is 126 cm³/mol. The van der Waals surface area contributed by atoms with Crippen LogP contribution in [0, 0.1) is 5.92 Å². The lowest BCUT2D eigenvalue weighted by Crippen LogP contribution is -2.37. The molecule has 172 valence electrons. The molecule has 2 aliphatic rings. The van der Waals surface area contributed by atoms with E-state index in [1.165, 1.54) is 12.1 Å². The smallest absolute Gasteiger partial charge is 0.338 e. The quantitative estimate of drug-likeness (QED) is 0.396. The van der Waals surface area contributed by atoms with Gasteiger partial charge in [-0.25, -0.2) is 14.8 Å². The SMILES string of the molecule is CCOC(=O)c1ccc(N2C(=O)C3ON(c4ccc(Cl)cc4)C(c4ccccc4)C3C2=O)cc1. The van der Waals surface area contributed by atoms with Gasteiger partial charge in [0.15, 0.2) is 6.10 Å². The summed E-state index contributed by atoms with van der Waals surface area (Å²) in [5.74, 6) is -2.01. The van der Waals surface area contributed by atoms with Crippen molar-refractivity contribution in [3.05, 3.63) is 95.0 Å². The molecule has 2 saturated heterocycles. The van der Waals surface area contributed by atoms with E-state index >= 15 is 0 Å². The average molecular weight is 477 g/mol. The van der Waals surface area contributed by atoms with E-state index in [1.54, 1.807) is 48.4 Å². The summed E-state index contributed by atoms with van der Waals surface area (Å²) in [6.07, 6.45) is -0.974. The van der Waals surface area contributed by atoms with Gasteiger partial charge >= 0.3 is 5.97 Å². The molecule has 2 fully saturated rings. The normalized spacial score (nSPS) is 21.6. The monoisotopic (exact) mass is 476 g/mol. The van der Waals surface area contributed by atoms with Crippen molar-refractivity contribution in [2.45, 2.75) is 19.1 Å². The number of hydrogen-bond donors (Lipinski definition) is 0. The minimum absolute atomic E-state index is 0.259. The van der Waals surface area contributed by atoms with E-state index in [2.05, 4.69) is 0 Å². The molecule has 2 amide bonds. The highest BCUT2D eigenvalue weighted by Crippen LogP contribution is 2.47. The molecule has 7 nitrogen and oxygen atoms in total. The van der Waals surface area contributed by atoms with Gasteiger partial charge in [-0.2, -0.15) is 0 Å². The Labute approximate surface area is 201 Å². The molecule has 0 N–H and O–H groups in total. The molecule has 8 heteroatoms. The van der Waals surface area contributed by atoms with Crippen molar-refractivity contribution in [2.24, 2.45) is 5.92 Å². The predicted octanol–water partition coefficient (Wildman–Crippen LogP) is 4.57. The summed E-state index contributed by atoms with van der Waals surface area (Å²) in [6, 6.07) is 22.2. The topological polar surface area (TPSA) is 76.2 Å². The Kier molecular flexibility index (Phi) is 5.81. The van der Waals surface area contributed by atoms with Crippen molar-refractivity contribution in [2.75, 3.05) is 16.6 Å². The lowest BCUT2D eigenvalue weighted by Gasteiger charge is -2.28. The number of nitrogens with zero attached hydrogens (tertiary/aromatic N) is 2. The van der Waals surface area contributed by atoms with Gasteiger partial charge in [-0.1, -0.05) is 41.9 Å². The molecule has 0 radical (unpaired) electrons. The molecule has 34 heavy (non-hydrogen) atoms. The van der Waals surface area contributed by atoms with Crippen molar-refractivity contribution < 1.29 is 24.0 Å². The number of carbonyl (C=O) groups excluding carboxylic acids is 3.